The molecular formula is C21H18N6O. The Bertz CT molecular complexity index is 1200. The number of aromatic nitrogens is 5. The summed E-state index contributed by atoms with van der Waals surface area (Å²) in [5.74, 6) is 1.97. The third-order valence-electron chi connectivity index (χ3n) is 4.30. The van der Waals surface area contributed by atoms with Crippen molar-refractivity contribution >= 4 is 11.6 Å². The lowest BCUT2D eigenvalue weighted by Gasteiger charge is -2.09. The Kier molecular flexibility index (Phi) is 4.63. The Hall–Kier alpha value is -3.87. The van der Waals surface area contributed by atoms with Crippen molar-refractivity contribution in [3.8, 4) is 22.4 Å². The molecule has 0 aliphatic carbocycles. The van der Waals surface area contributed by atoms with Crippen molar-refractivity contribution in [1.82, 2.24) is 24.9 Å². The fourth-order valence-electron chi connectivity index (χ4n) is 2.94. The van der Waals surface area contributed by atoms with Crippen LogP contribution < -0.4 is 10.9 Å². The molecule has 0 saturated carbocycles. The summed E-state index contributed by atoms with van der Waals surface area (Å²) in [6, 6.07) is 11.0. The molecule has 0 spiro atoms. The molecule has 0 aromatic carbocycles. The molecule has 4 rings (SSSR count). The van der Waals surface area contributed by atoms with Gasteiger partial charge in [-0.05, 0) is 60.9 Å². The number of anilines is 2. The maximum Gasteiger partial charge on any atom is 0.249 e. The summed E-state index contributed by atoms with van der Waals surface area (Å²) >= 11 is 0. The lowest BCUT2D eigenvalue weighted by Crippen LogP contribution is -2.06. The van der Waals surface area contributed by atoms with Crippen LogP contribution in [-0.2, 0) is 0 Å². The van der Waals surface area contributed by atoms with Crippen molar-refractivity contribution in [1.29, 1.82) is 0 Å². The lowest BCUT2D eigenvalue weighted by molar-refractivity contribution is 1.05. The van der Waals surface area contributed by atoms with E-state index in [2.05, 4.69) is 30.2 Å². The molecule has 2 N–H and O–H groups in total. The van der Waals surface area contributed by atoms with E-state index < -0.39 is 0 Å². The Morgan fingerprint density at radius 1 is 0.893 bits per heavy atom. The van der Waals surface area contributed by atoms with E-state index in [0.29, 0.717) is 17.5 Å². The van der Waals surface area contributed by atoms with Crippen LogP contribution in [-0.4, -0.2) is 24.9 Å². The summed E-state index contributed by atoms with van der Waals surface area (Å²) in [5, 5.41) is 3.17. The van der Waals surface area contributed by atoms with Crippen LogP contribution in [0, 0.1) is 13.8 Å². The van der Waals surface area contributed by atoms with Gasteiger partial charge in [0.2, 0.25) is 5.56 Å². The van der Waals surface area contributed by atoms with Gasteiger partial charge in [0.05, 0.1) is 5.69 Å². The van der Waals surface area contributed by atoms with Gasteiger partial charge in [-0.25, -0.2) is 15.0 Å². The highest BCUT2D eigenvalue weighted by Gasteiger charge is 2.08. The zero-order valence-electron chi connectivity index (χ0n) is 15.5. The fourth-order valence-corrected chi connectivity index (χ4v) is 2.94. The molecule has 4 aromatic heterocycles. The number of hydrogen-bond donors (Lipinski definition) is 2. The molecule has 0 aliphatic heterocycles. The van der Waals surface area contributed by atoms with Gasteiger partial charge in [-0.3, -0.25) is 9.78 Å². The minimum Gasteiger partial charge on any atom is -0.325 e. The van der Waals surface area contributed by atoms with Crippen molar-refractivity contribution in [2.45, 2.75) is 13.8 Å². The van der Waals surface area contributed by atoms with Crippen LogP contribution in [0.25, 0.3) is 22.4 Å². The Balaban J connectivity index is 1.72. The van der Waals surface area contributed by atoms with E-state index in [-0.39, 0.29) is 5.56 Å². The summed E-state index contributed by atoms with van der Waals surface area (Å²) < 4.78 is 0. The van der Waals surface area contributed by atoms with Crippen LogP contribution in [0.15, 0.2) is 66.0 Å². The van der Waals surface area contributed by atoms with E-state index >= 15 is 0 Å². The second kappa shape index (κ2) is 7.40. The van der Waals surface area contributed by atoms with Crippen molar-refractivity contribution < 1.29 is 0 Å². The Morgan fingerprint density at radius 3 is 2.57 bits per heavy atom. The molecule has 7 heteroatoms. The maximum atomic E-state index is 12.3. The first kappa shape index (κ1) is 17.5. The molecule has 28 heavy (non-hydrogen) atoms. The Morgan fingerprint density at radius 2 is 1.75 bits per heavy atom. The second-order valence-corrected chi connectivity index (χ2v) is 6.38. The SMILES string of the molecule is Cc1nccc(Nc2cc(-c3cc(-c4cnccc4C)[nH]c(=O)c3)ccn2)n1. The molecule has 0 bridgehead atoms. The second-order valence-electron chi connectivity index (χ2n) is 6.38. The number of nitrogens with zero attached hydrogens (tertiary/aromatic N) is 4. The summed E-state index contributed by atoms with van der Waals surface area (Å²) in [4.78, 5) is 32.1. The number of rotatable bonds is 4. The molecular weight excluding hydrogens is 352 g/mol. The zero-order valence-corrected chi connectivity index (χ0v) is 15.5. The average Bonchev–Trinajstić information content (AvgIpc) is 2.68. The topological polar surface area (TPSA) is 96.5 Å². The monoisotopic (exact) mass is 370 g/mol. The molecule has 0 aliphatic rings. The van der Waals surface area contributed by atoms with Crippen molar-refractivity contribution in [2.75, 3.05) is 5.32 Å². The van der Waals surface area contributed by atoms with Gasteiger partial charge in [-0.2, -0.15) is 0 Å². The highest BCUT2D eigenvalue weighted by molar-refractivity contribution is 5.73. The number of aromatic amines is 1. The normalized spacial score (nSPS) is 10.6. The maximum absolute atomic E-state index is 12.3. The third kappa shape index (κ3) is 3.78. The molecule has 138 valence electrons. The van der Waals surface area contributed by atoms with Gasteiger partial charge in [0, 0.05) is 36.4 Å². The third-order valence-corrected chi connectivity index (χ3v) is 4.30. The van der Waals surface area contributed by atoms with Crippen LogP contribution in [0.1, 0.15) is 11.4 Å². The van der Waals surface area contributed by atoms with Crippen LogP contribution in [0.4, 0.5) is 11.6 Å². The molecule has 0 saturated heterocycles. The molecule has 4 heterocycles. The van der Waals surface area contributed by atoms with E-state index in [1.165, 1.54) is 0 Å². The largest absolute Gasteiger partial charge is 0.325 e. The van der Waals surface area contributed by atoms with Gasteiger partial charge in [0.1, 0.15) is 17.5 Å². The molecule has 0 atom stereocenters. The van der Waals surface area contributed by atoms with E-state index in [4.69, 9.17) is 0 Å². The summed E-state index contributed by atoms with van der Waals surface area (Å²) in [6.45, 7) is 3.81. The Labute approximate surface area is 161 Å². The van der Waals surface area contributed by atoms with Gasteiger partial charge < -0.3 is 10.3 Å². The highest BCUT2D eigenvalue weighted by Crippen LogP contribution is 2.26. The molecule has 4 aromatic rings. The number of hydrogen-bond acceptors (Lipinski definition) is 6. The fraction of sp³-hybridized carbons (Fsp3) is 0.0952. The van der Waals surface area contributed by atoms with Gasteiger partial charge >= 0.3 is 0 Å². The highest BCUT2D eigenvalue weighted by atomic mass is 16.1. The smallest absolute Gasteiger partial charge is 0.249 e. The van der Waals surface area contributed by atoms with E-state index in [9.17, 15) is 4.79 Å². The van der Waals surface area contributed by atoms with E-state index in [1.807, 2.05) is 38.1 Å². The van der Waals surface area contributed by atoms with Crippen molar-refractivity contribution in [2.24, 2.45) is 0 Å². The van der Waals surface area contributed by atoms with Gasteiger partial charge in [0.15, 0.2) is 0 Å². The first-order valence-corrected chi connectivity index (χ1v) is 8.77. The predicted molar refractivity (Wildman–Crippen MR) is 108 cm³/mol. The average molecular weight is 370 g/mol. The minimum atomic E-state index is -0.173. The van der Waals surface area contributed by atoms with E-state index in [0.717, 1.165) is 27.9 Å². The quantitative estimate of drug-likeness (QED) is 0.569. The number of nitrogens with one attached hydrogen (secondary N) is 2. The van der Waals surface area contributed by atoms with Crippen LogP contribution in [0.3, 0.4) is 0 Å². The molecule has 0 unspecified atom stereocenters. The first-order chi connectivity index (χ1) is 13.6. The van der Waals surface area contributed by atoms with E-state index in [1.54, 1.807) is 36.9 Å². The molecule has 0 fully saturated rings. The summed E-state index contributed by atoms with van der Waals surface area (Å²) in [7, 11) is 0. The van der Waals surface area contributed by atoms with Crippen LogP contribution in [0.5, 0.6) is 0 Å². The summed E-state index contributed by atoms with van der Waals surface area (Å²) in [6.07, 6.45) is 6.87. The van der Waals surface area contributed by atoms with Crippen molar-refractivity contribution in [3.05, 3.63) is 82.9 Å². The van der Waals surface area contributed by atoms with Gasteiger partial charge in [-0.15, -0.1) is 0 Å². The predicted octanol–water partition coefficient (Wildman–Crippen LogP) is 3.65. The van der Waals surface area contributed by atoms with Crippen molar-refractivity contribution in [3.63, 3.8) is 0 Å². The molecule has 0 radical (unpaired) electrons. The van der Waals surface area contributed by atoms with Crippen LogP contribution in [0.2, 0.25) is 0 Å². The number of aryl methyl sites for hydroxylation is 2. The summed E-state index contributed by atoms with van der Waals surface area (Å²) in [5.41, 5.74) is 4.16. The zero-order chi connectivity index (χ0) is 19.5. The van der Waals surface area contributed by atoms with Gasteiger partial charge in [0.25, 0.3) is 0 Å². The van der Waals surface area contributed by atoms with Crippen LogP contribution >= 0.6 is 0 Å². The minimum absolute atomic E-state index is 0.173. The molecule has 7 nitrogen and oxygen atoms in total. The number of H-pyrrole nitrogens is 1. The molecule has 0 amide bonds. The first-order valence-electron chi connectivity index (χ1n) is 8.77. The lowest BCUT2D eigenvalue weighted by atomic mass is 10.0. The van der Waals surface area contributed by atoms with Gasteiger partial charge in [-0.1, -0.05) is 0 Å². The number of pyridine rings is 3. The standard InChI is InChI=1S/C21H18N6O/c1-13-3-6-22-12-17(13)18-9-16(11-21(28)26-18)15-4-7-24-20(10-15)27-19-5-8-23-14(2)25-19/h3-12H,1-2H3,(H,26,28)(H,23,24,25,27).